The Labute approximate surface area is 189 Å². The monoisotopic (exact) mass is 445 g/mol. The highest BCUT2D eigenvalue weighted by Gasteiger charge is 2.32. The first-order valence-electron chi connectivity index (χ1n) is 10.4. The Morgan fingerprint density at radius 1 is 0.879 bits per heavy atom. The van der Waals surface area contributed by atoms with Crippen LogP contribution in [0.15, 0.2) is 66.7 Å². The first kappa shape index (κ1) is 22.1. The second-order valence-electron chi connectivity index (χ2n) is 7.68. The highest BCUT2D eigenvalue weighted by Crippen LogP contribution is 2.32. The molecule has 33 heavy (non-hydrogen) atoms. The molecular weight excluding hydrogens is 425 g/mol. The van der Waals surface area contributed by atoms with Gasteiger partial charge in [0.15, 0.2) is 17.7 Å². The van der Waals surface area contributed by atoms with Gasteiger partial charge in [0.2, 0.25) is 0 Å². The van der Waals surface area contributed by atoms with Crippen LogP contribution in [-0.2, 0) is 20.7 Å². The van der Waals surface area contributed by atoms with E-state index in [2.05, 4.69) is 5.32 Å². The zero-order valence-electron chi connectivity index (χ0n) is 17.8. The Morgan fingerprint density at radius 3 is 2.21 bits per heavy atom. The minimum atomic E-state index is -1.12. The fourth-order valence-electron chi connectivity index (χ4n) is 3.69. The molecule has 1 aliphatic carbocycles. The van der Waals surface area contributed by atoms with E-state index in [4.69, 9.17) is 4.74 Å². The number of fused-ring (bicyclic) bond motifs is 2. The Balaban J connectivity index is 1.43. The minimum Gasteiger partial charge on any atom is -0.453 e. The minimum absolute atomic E-state index is 0.0216. The highest BCUT2D eigenvalue weighted by molar-refractivity contribution is 6.30. The summed E-state index contributed by atoms with van der Waals surface area (Å²) in [5.74, 6) is -2.23. The van der Waals surface area contributed by atoms with E-state index in [1.54, 1.807) is 48.5 Å². The van der Waals surface area contributed by atoms with E-state index in [0.717, 1.165) is 5.56 Å². The van der Waals surface area contributed by atoms with Gasteiger partial charge >= 0.3 is 5.97 Å². The summed E-state index contributed by atoms with van der Waals surface area (Å²) in [7, 11) is 0. The van der Waals surface area contributed by atoms with Crippen molar-refractivity contribution in [3.63, 3.8) is 0 Å². The molecule has 1 unspecified atom stereocenters. The fraction of sp³-hybridized carbons (Fsp3) is 0.154. The van der Waals surface area contributed by atoms with Gasteiger partial charge < -0.3 is 10.1 Å². The van der Waals surface area contributed by atoms with Gasteiger partial charge in [0, 0.05) is 23.1 Å². The number of hydrogen-bond donors (Lipinski definition) is 1. The normalized spacial score (nSPS) is 13.0. The van der Waals surface area contributed by atoms with Gasteiger partial charge in [-0.3, -0.25) is 19.2 Å². The number of anilines is 1. The number of amides is 1. The van der Waals surface area contributed by atoms with Crippen LogP contribution in [0.3, 0.4) is 0 Å². The third-order valence-electron chi connectivity index (χ3n) is 5.42. The summed E-state index contributed by atoms with van der Waals surface area (Å²) in [6.45, 7) is 1.42. The molecule has 1 aliphatic rings. The van der Waals surface area contributed by atoms with Crippen molar-refractivity contribution >= 4 is 29.1 Å². The largest absolute Gasteiger partial charge is 0.453 e. The second kappa shape index (κ2) is 9.16. The summed E-state index contributed by atoms with van der Waals surface area (Å²) < 4.78 is 18.2. The first-order valence-corrected chi connectivity index (χ1v) is 10.4. The fourth-order valence-corrected chi connectivity index (χ4v) is 3.69. The summed E-state index contributed by atoms with van der Waals surface area (Å²) in [5, 5.41) is 2.61. The number of rotatable bonds is 6. The van der Waals surface area contributed by atoms with Crippen LogP contribution >= 0.6 is 0 Å². The SMILES string of the molecule is CC(OC(=O)CCc1ccc(F)cc1)C(=O)Nc1cccc2c1C(=O)c1ccccc1C2=O. The van der Waals surface area contributed by atoms with Crippen molar-refractivity contribution in [2.24, 2.45) is 0 Å². The number of ketones is 2. The van der Waals surface area contributed by atoms with Crippen molar-refractivity contribution in [3.8, 4) is 0 Å². The number of nitrogens with one attached hydrogen (secondary N) is 1. The molecular formula is C26H20FNO5. The molecule has 3 aromatic carbocycles. The van der Waals surface area contributed by atoms with Crippen molar-refractivity contribution in [1.29, 1.82) is 0 Å². The summed E-state index contributed by atoms with van der Waals surface area (Å²) in [4.78, 5) is 50.6. The molecule has 1 N–H and O–H groups in total. The third-order valence-corrected chi connectivity index (χ3v) is 5.42. The van der Waals surface area contributed by atoms with Crippen LogP contribution in [0, 0.1) is 5.82 Å². The van der Waals surface area contributed by atoms with Gasteiger partial charge in [-0.2, -0.15) is 0 Å². The molecule has 4 rings (SSSR count). The zero-order chi connectivity index (χ0) is 23.5. The number of hydrogen-bond acceptors (Lipinski definition) is 5. The Hall–Kier alpha value is -4.13. The molecule has 0 radical (unpaired) electrons. The Kier molecular flexibility index (Phi) is 6.13. The summed E-state index contributed by atoms with van der Waals surface area (Å²) in [5.41, 5.74) is 1.87. The van der Waals surface area contributed by atoms with E-state index in [0.29, 0.717) is 12.0 Å². The average molecular weight is 445 g/mol. The number of carbonyl (C=O) groups is 4. The molecule has 0 aliphatic heterocycles. The molecule has 6 nitrogen and oxygen atoms in total. The topological polar surface area (TPSA) is 89.5 Å². The van der Waals surface area contributed by atoms with Crippen LogP contribution in [0.5, 0.6) is 0 Å². The van der Waals surface area contributed by atoms with Crippen LogP contribution in [-0.4, -0.2) is 29.5 Å². The van der Waals surface area contributed by atoms with Crippen molar-refractivity contribution in [2.45, 2.75) is 25.9 Å². The van der Waals surface area contributed by atoms with Crippen LogP contribution < -0.4 is 5.32 Å². The van der Waals surface area contributed by atoms with E-state index >= 15 is 0 Å². The molecule has 166 valence electrons. The predicted molar refractivity (Wildman–Crippen MR) is 119 cm³/mol. The number of halogens is 1. The van der Waals surface area contributed by atoms with Gasteiger partial charge in [-0.25, -0.2) is 4.39 Å². The Morgan fingerprint density at radius 2 is 1.52 bits per heavy atom. The molecule has 0 saturated heterocycles. The molecule has 1 amide bonds. The molecule has 0 spiro atoms. The standard InChI is InChI=1S/C26H20FNO5/c1-15(33-22(29)14-11-16-9-12-17(27)13-10-16)26(32)28-21-8-4-7-20-23(21)25(31)19-6-3-2-5-18(19)24(20)30/h2-10,12-13,15H,11,14H2,1H3,(H,28,32). The molecule has 0 heterocycles. The van der Waals surface area contributed by atoms with Crippen LogP contribution in [0.1, 0.15) is 50.8 Å². The molecule has 0 fully saturated rings. The maximum Gasteiger partial charge on any atom is 0.306 e. The second-order valence-corrected chi connectivity index (χ2v) is 7.68. The average Bonchev–Trinajstić information content (AvgIpc) is 2.82. The molecule has 0 aromatic heterocycles. The Bertz CT molecular complexity index is 1270. The molecule has 0 saturated carbocycles. The van der Waals surface area contributed by atoms with Crippen molar-refractivity contribution in [1.82, 2.24) is 0 Å². The molecule has 0 bridgehead atoms. The van der Waals surface area contributed by atoms with Gasteiger partial charge in [0.25, 0.3) is 5.91 Å². The highest BCUT2D eigenvalue weighted by atomic mass is 19.1. The van der Waals surface area contributed by atoms with Crippen LogP contribution in [0.25, 0.3) is 0 Å². The molecule has 7 heteroatoms. The molecule has 1 atom stereocenters. The van der Waals surface area contributed by atoms with E-state index in [-0.39, 0.29) is 46.2 Å². The summed E-state index contributed by atoms with van der Waals surface area (Å²) >= 11 is 0. The number of aryl methyl sites for hydroxylation is 1. The lowest BCUT2D eigenvalue weighted by Gasteiger charge is -2.21. The van der Waals surface area contributed by atoms with E-state index in [1.165, 1.54) is 25.1 Å². The van der Waals surface area contributed by atoms with E-state index < -0.39 is 18.0 Å². The first-order chi connectivity index (χ1) is 15.8. The van der Waals surface area contributed by atoms with Gasteiger partial charge in [-0.05, 0) is 37.1 Å². The lowest BCUT2D eigenvalue weighted by Crippen LogP contribution is -2.31. The van der Waals surface area contributed by atoms with E-state index in [1.807, 2.05) is 0 Å². The summed E-state index contributed by atoms with van der Waals surface area (Å²) in [6.07, 6.45) is -0.757. The lowest BCUT2D eigenvalue weighted by molar-refractivity contribution is -0.153. The zero-order valence-corrected chi connectivity index (χ0v) is 17.8. The van der Waals surface area contributed by atoms with E-state index in [9.17, 15) is 23.6 Å². The maximum absolute atomic E-state index is 13.0. The van der Waals surface area contributed by atoms with Gasteiger partial charge in [-0.15, -0.1) is 0 Å². The smallest absolute Gasteiger partial charge is 0.306 e. The van der Waals surface area contributed by atoms with Gasteiger partial charge in [0.05, 0.1) is 11.3 Å². The van der Waals surface area contributed by atoms with Crippen LogP contribution in [0.2, 0.25) is 0 Å². The van der Waals surface area contributed by atoms with Crippen molar-refractivity contribution in [3.05, 3.63) is 100 Å². The summed E-state index contributed by atoms with van der Waals surface area (Å²) in [6, 6.07) is 16.9. The maximum atomic E-state index is 13.0. The number of ether oxygens (including phenoxy) is 1. The number of benzene rings is 3. The third kappa shape index (κ3) is 4.57. The number of carbonyl (C=O) groups excluding carboxylic acids is 4. The van der Waals surface area contributed by atoms with Crippen molar-refractivity contribution < 1.29 is 28.3 Å². The predicted octanol–water partition coefficient (Wildman–Crippen LogP) is 4.10. The quantitative estimate of drug-likeness (QED) is 0.451. The van der Waals surface area contributed by atoms with Gasteiger partial charge in [-0.1, -0.05) is 48.5 Å². The van der Waals surface area contributed by atoms with Crippen LogP contribution in [0.4, 0.5) is 10.1 Å². The lowest BCUT2D eigenvalue weighted by atomic mass is 9.83. The molecule has 3 aromatic rings. The number of esters is 1. The van der Waals surface area contributed by atoms with Crippen molar-refractivity contribution in [2.75, 3.05) is 5.32 Å². The van der Waals surface area contributed by atoms with Gasteiger partial charge in [0.1, 0.15) is 5.82 Å².